The Labute approximate surface area is 119 Å². The molecule has 0 amide bonds. The Morgan fingerprint density at radius 2 is 2.50 bits per heavy atom. The third kappa shape index (κ3) is 1.95. The molecule has 0 bridgehead atoms. The molecule has 1 aromatic rings. The first kappa shape index (κ1) is 13.6. The number of hydrogen-bond donors (Lipinski definition) is 3. The number of aliphatic hydroxyl groups excluding tert-OH is 1. The van der Waals surface area contributed by atoms with Gasteiger partial charge in [-0.2, -0.15) is 4.39 Å². The van der Waals surface area contributed by atoms with E-state index in [-0.39, 0.29) is 12.3 Å². The summed E-state index contributed by atoms with van der Waals surface area (Å²) in [6.07, 6.45) is 0.169. The second kappa shape index (κ2) is 4.57. The highest BCUT2D eigenvalue weighted by Crippen LogP contribution is 2.40. The predicted molar refractivity (Wildman–Crippen MR) is 71.1 cm³/mol. The standard InChI is InChI=1S/C11H15ClFN5O2/c1-2-6-5(19)3-11(13,20-6)18-4-15-7-8(14)16-10(12)17-9(7)18/h4-6,10,17,19H,2-3H2,1H3,(H2,14,16)/t5?,6-,10?,11+/m1/s1. The molecule has 3 rings (SSSR count). The molecule has 2 aliphatic rings. The summed E-state index contributed by atoms with van der Waals surface area (Å²) in [6, 6.07) is 0. The minimum Gasteiger partial charge on any atom is -0.390 e. The lowest BCUT2D eigenvalue weighted by atomic mass is 10.1. The molecule has 0 radical (unpaired) electrons. The molecule has 0 saturated carbocycles. The fraction of sp³-hybridized carbons (Fsp3) is 0.636. The first-order valence-electron chi connectivity index (χ1n) is 6.31. The maximum Gasteiger partial charge on any atom is 0.298 e. The zero-order valence-corrected chi connectivity index (χ0v) is 11.5. The zero-order valence-electron chi connectivity index (χ0n) is 10.8. The van der Waals surface area contributed by atoms with Crippen molar-refractivity contribution >= 4 is 23.3 Å². The van der Waals surface area contributed by atoms with E-state index in [9.17, 15) is 9.50 Å². The summed E-state index contributed by atoms with van der Waals surface area (Å²) in [4.78, 5) is 7.92. The normalized spacial score (nSPS) is 36.4. The molecule has 7 nitrogen and oxygen atoms in total. The van der Waals surface area contributed by atoms with Crippen molar-refractivity contribution in [3.8, 4) is 0 Å². The van der Waals surface area contributed by atoms with E-state index in [4.69, 9.17) is 22.1 Å². The number of nitrogens with zero attached hydrogens (tertiary/aromatic N) is 3. The quantitative estimate of drug-likeness (QED) is 0.551. The third-order valence-electron chi connectivity index (χ3n) is 3.50. The second-order valence-corrected chi connectivity index (χ2v) is 5.24. The van der Waals surface area contributed by atoms with Gasteiger partial charge in [-0.15, -0.1) is 0 Å². The van der Waals surface area contributed by atoms with Gasteiger partial charge in [0.05, 0.1) is 18.6 Å². The van der Waals surface area contributed by atoms with Crippen molar-refractivity contribution in [3.05, 3.63) is 12.0 Å². The van der Waals surface area contributed by atoms with Gasteiger partial charge in [0, 0.05) is 0 Å². The van der Waals surface area contributed by atoms with Crippen LogP contribution < -0.4 is 11.1 Å². The molecule has 4 N–H and O–H groups in total. The number of fused-ring (bicyclic) bond motifs is 1. The molecular weight excluding hydrogens is 289 g/mol. The van der Waals surface area contributed by atoms with Gasteiger partial charge in [0.25, 0.3) is 5.98 Å². The topological polar surface area (TPSA) is 97.7 Å². The highest BCUT2D eigenvalue weighted by Gasteiger charge is 2.49. The average Bonchev–Trinajstić information content (AvgIpc) is 2.91. The Bertz CT molecular complexity index is 565. The van der Waals surface area contributed by atoms with Gasteiger partial charge in [0.2, 0.25) is 0 Å². The number of aliphatic imine (C=N–C) groups is 1. The van der Waals surface area contributed by atoms with Crippen molar-refractivity contribution in [2.75, 3.05) is 5.32 Å². The van der Waals surface area contributed by atoms with Gasteiger partial charge in [0.1, 0.15) is 17.8 Å². The van der Waals surface area contributed by atoms with Crippen LogP contribution in [-0.2, 0) is 10.7 Å². The lowest BCUT2D eigenvalue weighted by Gasteiger charge is -2.26. The fourth-order valence-corrected chi connectivity index (χ4v) is 2.72. The van der Waals surface area contributed by atoms with Gasteiger partial charge >= 0.3 is 0 Å². The second-order valence-electron chi connectivity index (χ2n) is 4.83. The number of halogens is 2. The predicted octanol–water partition coefficient (Wildman–Crippen LogP) is 0.676. The summed E-state index contributed by atoms with van der Waals surface area (Å²) in [7, 11) is 0. The molecule has 4 atom stereocenters. The Kier molecular flexibility index (Phi) is 3.11. The van der Waals surface area contributed by atoms with Crippen LogP contribution in [0.1, 0.15) is 25.5 Å². The molecule has 110 valence electrons. The van der Waals surface area contributed by atoms with Crippen LogP contribution in [-0.4, -0.2) is 38.3 Å². The average molecular weight is 304 g/mol. The van der Waals surface area contributed by atoms with E-state index >= 15 is 0 Å². The number of rotatable bonds is 2. The Morgan fingerprint density at radius 1 is 1.75 bits per heavy atom. The number of aliphatic hydroxyl groups is 1. The number of alkyl halides is 2. The van der Waals surface area contributed by atoms with E-state index in [1.54, 1.807) is 0 Å². The summed E-state index contributed by atoms with van der Waals surface area (Å²) >= 11 is 5.87. The van der Waals surface area contributed by atoms with Crippen LogP contribution in [0.25, 0.3) is 0 Å². The van der Waals surface area contributed by atoms with Crippen LogP contribution in [0.15, 0.2) is 11.3 Å². The molecule has 1 fully saturated rings. The van der Waals surface area contributed by atoms with Crippen molar-refractivity contribution in [2.24, 2.45) is 10.7 Å². The summed E-state index contributed by atoms with van der Waals surface area (Å²) in [6.45, 7) is 1.82. The fourth-order valence-electron chi connectivity index (χ4n) is 2.51. The number of hydrogen-bond acceptors (Lipinski definition) is 6. The molecule has 20 heavy (non-hydrogen) atoms. The number of amidine groups is 1. The van der Waals surface area contributed by atoms with Crippen LogP contribution in [0, 0.1) is 0 Å². The number of nitrogens with one attached hydrogen (secondary N) is 1. The number of imidazole rings is 1. The molecule has 0 aliphatic carbocycles. The smallest absolute Gasteiger partial charge is 0.298 e. The maximum absolute atomic E-state index is 15.0. The first-order chi connectivity index (χ1) is 9.44. The Morgan fingerprint density at radius 3 is 3.15 bits per heavy atom. The molecule has 0 spiro atoms. The SMILES string of the molecule is CC[C@H]1O[C@@](F)(n2cnc3c2NC(Cl)N=C3N)CC1O. The van der Waals surface area contributed by atoms with E-state index in [0.717, 1.165) is 4.57 Å². The molecule has 3 heterocycles. The lowest BCUT2D eigenvalue weighted by Crippen LogP contribution is -2.33. The number of ether oxygens (including phenoxy) is 1. The highest BCUT2D eigenvalue weighted by atomic mass is 35.5. The van der Waals surface area contributed by atoms with E-state index < -0.39 is 23.8 Å². The van der Waals surface area contributed by atoms with Gasteiger partial charge in [-0.05, 0) is 6.42 Å². The number of aromatic nitrogens is 2. The van der Waals surface area contributed by atoms with E-state index in [2.05, 4.69) is 15.3 Å². The summed E-state index contributed by atoms with van der Waals surface area (Å²) in [5.74, 6) is -1.75. The Hall–Kier alpha value is -1.38. The van der Waals surface area contributed by atoms with E-state index in [1.165, 1.54) is 6.33 Å². The van der Waals surface area contributed by atoms with Gasteiger partial charge in [0.15, 0.2) is 11.5 Å². The largest absolute Gasteiger partial charge is 0.390 e. The Balaban J connectivity index is 1.99. The number of anilines is 1. The molecule has 2 unspecified atom stereocenters. The van der Waals surface area contributed by atoms with Crippen LogP contribution >= 0.6 is 11.6 Å². The van der Waals surface area contributed by atoms with Gasteiger partial charge in [-0.3, -0.25) is 4.57 Å². The van der Waals surface area contributed by atoms with Gasteiger partial charge < -0.3 is 20.9 Å². The van der Waals surface area contributed by atoms with Crippen molar-refractivity contribution in [3.63, 3.8) is 0 Å². The molecule has 1 aromatic heterocycles. The maximum atomic E-state index is 15.0. The van der Waals surface area contributed by atoms with Crippen LogP contribution in [0.3, 0.4) is 0 Å². The third-order valence-corrected chi connectivity index (χ3v) is 3.71. The van der Waals surface area contributed by atoms with Gasteiger partial charge in [-0.1, -0.05) is 18.5 Å². The van der Waals surface area contributed by atoms with Crippen LogP contribution in [0.2, 0.25) is 0 Å². The van der Waals surface area contributed by atoms with Crippen molar-refractivity contribution in [1.29, 1.82) is 0 Å². The molecule has 2 aliphatic heterocycles. The minimum atomic E-state index is -2.18. The monoisotopic (exact) mass is 303 g/mol. The van der Waals surface area contributed by atoms with Gasteiger partial charge in [-0.25, -0.2) is 9.98 Å². The molecule has 1 saturated heterocycles. The minimum absolute atomic E-state index is 0.131. The highest BCUT2D eigenvalue weighted by molar-refractivity contribution is 6.23. The summed E-state index contributed by atoms with van der Waals surface area (Å²) in [5.41, 5.74) is 5.23. The summed E-state index contributed by atoms with van der Waals surface area (Å²) in [5, 5.41) is 12.6. The van der Waals surface area contributed by atoms with Crippen LogP contribution in [0.5, 0.6) is 0 Å². The van der Waals surface area contributed by atoms with Crippen molar-refractivity contribution in [2.45, 2.75) is 43.6 Å². The number of nitrogens with two attached hydrogens (primary N) is 1. The van der Waals surface area contributed by atoms with Crippen molar-refractivity contribution < 1.29 is 14.2 Å². The molecular formula is C11H15ClFN5O2. The first-order valence-corrected chi connectivity index (χ1v) is 6.75. The lowest BCUT2D eigenvalue weighted by molar-refractivity contribution is -0.195. The summed E-state index contributed by atoms with van der Waals surface area (Å²) < 4.78 is 21.5. The molecule has 9 heteroatoms. The van der Waals surface area contributed by atoms with E-state index in [1.807, 2.05) is 6.92 Å². The van der Waals surface area contributed by atoms with E-state index in [0.29, 0.717) is 17.9 Å². The molecule has 0 aromatic carbocycles. The zero-order chi connectivity index (χ0) is 14.5. The van der Waals surface area contributed by atoms with Crippen LogP contribution in [0.4, 0.5) is 10.2 Å². The van der Waals surface area contributed by atoms with Crippen molar-refractivity contribution in [1.82, 2.24) is 9.55 Å².